The van der Waals surface area contributed by atoms with Gasteiger partial charge in [0.1, 0.15) is 5.02 Å². The first-order valence-corrected chi connectivity index (χ1v) is 6.12. The predicted molar refractivity (Wildman–Crippen MR) is 70.5 cm³/mol. The van der Waals surface area contributed by atoms with Crippen molar-refractivity contribution in [1.82, 2.24) is 10.3 Å². The zero-order valence-corrected chi connectivity index (χ0v) is 11.4. The third-order valence-electron chi connectivity index (χ3n) is 2.44. The van der Waals surface area contributed by atoms with E-state index in [0.717, 1.165) is 6.42 Å². The van der Waals surface area contributed by atoms with Crippen LogP contribution in [0.3, 0.4) is 0 Å². The standard InChI is InChI=1S/C12H15ClN2O4/c1-3-4-14-9(12(18)19-2)10(16)7-5-8(13)11(17)15-6-7/h5-6,9,14H,3-4H2,1-2H3,(H,15,17). The van der Waals surface area contributed by atoms with Crippen LogP contribution in [0.25, 0.3) is 0 Å². The van der Waals surface area contributed by atoms with Gasteiger partial charge in [-0.05, 0) is 19.0 Å². The molecule has 6 nitrogen and oxygen atoms in total. The lowest BCUT2D eigenvalue weighted by molar-refractivity contribution is -0.141. The number of aromatic amines is 1. The van der Waals surface area contributed by atoms with Crippen molar-refractivity contribution >= 4 is 23.4 Å². The number of ether oxygens (including phenoxy) is 1. The van der Waals surface area contributed by atoms with Gasteiger partial charge in [-0.15, -0.1) is 0 Å². The first-order chi connectivity index (χ1) is 9.01. The molecule has 1 aromatic rings. The molecule has 0 aliphatic heterocycles. The number of halogens is 1. The number of ketones is 1. The largest absolute Gasteiger partial charge is 0.468 e. The van der Waals surface area contributed by atoms with Gasteiger partial charge in [-0.3, -0.25) is 14.9 Å². The van der Waals surface area contributed by atoms with Crippen molar-refractivity contribution < 1.29 is 14.3 Å². The van der Waals surface area contributed by atoms with Crippen LogP contribution < -0.4 is 10.9 Å². The molecule has 0 fully saturated rings. The molecule has 0 aromatic carbocycles. The molecular weight excluding hydrogens is 272 g/mol. The summed E-state index contributed by atoms with van der Waals surface area (Å²) in [5, 5.41) is 2.69. The van der Waals surface area contributed by atoms with Crippen LogP contribution in [0.5, 0.6) is 0 Å². The van der Waals surface area contributed by atoms with Crippen LogP contribution in [0.1, 0.15) is 23.7 Å². The van der Waals surface area contributed by atoms with E-state index in [0.29, 0.717) is 6.54 Å². The molecule has 0 saturated heterocycles. The van der Waals surface area contributed by atoms with Crippen LogP contribution in [0.4, 0.5) is 0 Å². The fourth-order valence-corrected chi connectivity index (χ4v) is 1.63. The number of rotatable bonds is 6. The zero-order chi connectivity index (χ0) is 14.4. The minimum Gasteiger partial charge on any atom is -0.468 e. The Morgan fingerprint density at radius 3 is 2.74 bits per heavy atom. The summed E-state index contributed by atoms with van der Waals surface area (Å²) >= 11 is 5.65. The number of methoxy groups -OCH3 is 1. The number of carbonyl (C=O) groups is 2. The number of carbonyl (C=O) groups excluding carboxylic acids is 2. The molecule has 1 aromatic heterocycles. The van der Waals surface area contributed by atoms with Crippen LogP contribution >= 0.6 is 11.6 Å². The average molecular weight is 287 g/mol. The van der Waals surface area contributed by atoms with Gasteiger partial charge in [0.15, 0.2) is 11.8 Å². The van der Waals surface area contributed by atoms with Gasteiger partial charge >= 0.3 is 5.97 Å². The molecule has 1 atom stereocenters. The third-order valence-corrected chi connectivity index (χ3v) is 2.72. The molecule has 1 rings (SSSR count). The lowest BCUT2D eigenvalue weighted by Crippen LogP contribution is -2.44. The lowest BCUT2D eigenvalue weighted by Gasteiger charge is -2.14. The van der Waals surface area contributed by atoms with Gasteiger partial charge in [-0.2, -0.15) is 0 Å². The van der Waals surface area contributed by atoms with Crippen molar-refractivity contribution in [3.8, 4) is 0 Å². The van der Waals surface area contributed by atoms with E-state index >= 15 is 0 Å². The number of hydrogen-bond acceptors (Lipinski definition) is 5. The van der Waals surface area contributed by atoms with Crippen molar-refractivity contribution in [2.75, 3.05) is 13.7 Å². The van der Waals surface area contributed by atoms with Crippen LogP contribution in [0, 0.1) is 0 Å². The summed E-state index contributed by atoms with van der Waals surface area (Å²) in [7, 11) is 1.20. The highest BCUT2D eigenvalue weighted by molar-refractivity contribution is 6.30. The minimum absolute atomic E-state index is 0.107. The molecule has 0 bridgehead atoms. The van der Waals surface area contributed by atoms with E-state index in [-0.39, 0.29) is 10.6 Å². The molecule has 1 unspecified atom stereocenters. The smallest absolute Gasteiger partial charge is 0.331 e. The highest BCUT2D eigenvalue weighted by Crippen LogP contribution is 2.08. The Morgan fingerprint density at radius 2 is 2.21 bits per heavy atom. The molecule has 0 radical (unpaired) electrons. The number of hydrogen-bond donors (Lipinski definition) is 2. The molecule has 2 N–H and O–H groups in total. The van der Waals surface area contributed by atoms with E-state index in [1.54, 1.807) is 0 Å². The molecule has 1 heterocycles. The summed E-state index contributed by atoms with van der Waals surface area (Å²) in [5.41, 5.74) is -0.349. The van der Waals surface area contributed by atoms with Gasteiger partial charge in [0.25, 0.3) is 5.56 Å². The highest BCUT2D eigenvalue weighted by atomic mass is 35.5. The highest BCUT2D eigenvalue weighted by Gasteiger charge is 2.28. The van der Waals surface area contributed by atoms with Crippen LogP contribution in [0.2, 0.25) is 5.02 Å². The maximum atomic E-state index is 12.2. The Bertz CT molecular complexity index is 527. The Balaban J connectivity index is 3.00. The summed E-state index contributed by atoms with van der Waals surface area (Å²) in [6.45, 7) is 2.39. The quantitative estimate of drug-likeness (QED) is 0.458. The maximum absolute atomic E-state index is 12.2. The maximum Gasteiger partial charge on any atom is 0.331 e. The van der Waals surface area contributed by atoms with Crippen LogP contribution in [-0.2, 0) is 9.53 Å². The summed E-state index contributed by atoms with van der Waals surface area (Å²) in [6.07, 6.45) is 1.98. The summed E-state index contributed by atoms with van der Waals surface area (Å²) in [6, 6.07) is 0.124. The molecule has 0 spiro atoms. The Labute approximate surface area is 115 Å². The van der Waals surface area contributed by atoms with Crippen molar-refractivity contribution in [2.45, 2.75) is 19.4 Å². The summed E-state index contributed by atoms with van der Waals surface area (Å²) in [4.78, 5) is 37.2. The van der Waals surface area contributed by atoms with Gasteiger partial charge in [-0.25, -0.2) is 4.79 Å². The second-order valence-corrected chi connectivity index (χ2v) is 4.25. The van der Waals surface area contributed by atoms with Gasteiger partial charge in [0.2, 0.25) is 0 Å². The number of Topliss-reactive ketones (excluding diaryl/α,β-unsaturated/α-hetero) is 1. The molecule has 19 heavy (non-hydrogen) atoms. The third kappa shape index (κ3) is 3.90. The van der Waals surface area contributed by atoms with E-state index in [9.17, 15) is 14.4 Å². The fourth-order valence-electron chi connectivity index (χ4n) is 1.45. The molecule has 0 amide bonds. The van der Waals surface area contributed by atoms with Gasteiger partial charge in [0.05, 0.1) is 7.11 Å². The summed E-state index contributed by atoms with van der Waals surface area (Å²) in [5.74, 6) is -1.18. The van der Waals surface area contributed by atoms with E-state index in [1.165, 1.54) is 19.4 Å². The van der Waals surface area contributed by atoms with E-state index in [4.69, 9.17) is 11.6 Å². The van der Waals surface area contributed by atoms with Gasteiger partial charge in [-0.1, -0.05) is 18.5 Å². The van der Waals surface area contributed by atoms with Crippen LogP contribution in [0.15, 0.2) is 17.1 Å². The first kappa shape index (κ1) is 15.4. The van der Waals surface area contributed by atoms with E-state index in [2.05, 4.69) is 15.0 Å². The topological polar surface area (TPSA) is 88.3 Å². The molecule has 104 valence electrons. The molecule has 7 heteroatoms. The molecule has 0 aliphatic rings. The van der Waals surface area contributed by atoms with Crippen molar-refractivity contribution in [3.05, 3.63) is 33.2 Å². The second kappa shape index (κ2) is 7.06. The van der Waals surface area contributed by atoms with Crippen LogP contribution in [-0.4, -0.2) is 36.4 Å². The monoisotopic (exact) mass is 286 g/mol. The zero-order valence-electron chi connectivity index (χ0n) is 10.7. The number of nitrogens with one attached hydrogen (secondary N) is 2. The minimum atomic E-state index is -1.10. The number of aromatic nitrogens is 1. The van der Waals surface area contributed by atoms with Gasteiger partial charge in [0, 0.05) is 11.8 Å². The van der Waals surface area contributed by atoms with E-state index in [1.807, 2.05) is 6.92 Å². The van der Waals surface area contributed by atoms with Crippen molar-refractivity contribution in [1.29, 1.82) is 0 Å². The Kier molecular flexibility index (Phi) is 5.72. The lowest BCUT2D eigenvalue weighted by atomic mass is 10.1. The number of esters is 1. The SMILES string of the molecule is CCCNC(C(=O)OC)C(=O)c1c[nH]c(=O)c(Cl)c1. The molecule has 0 saturated carbocycles. The number of pyridine rings is 1. The summed E-state index contributed by atoms with van der Waals surface area (Å²) < 4.78 is 4.58. The van der Waals surface area contributed by atoms with Crippen molar-refractivity contribution in [2.24, 2.45) is 0 Å². The number of H-pyrrole nitrogens is 1. The normalized spacial score (nSPS) is 11.9. The van der Waals surface area contributed by atoms with E-state index < -0.39 is 23.4 Å². The Morgan fingerprint density at radius 1 is 1.53 bits per heavy atom. The van der Waals surface area contributed by atoms with Crippen molar-refractivity contribution in [3.63, 3.8) is 0 Å². The molecule has 0 aliphatic carbocycles. The fraction of sp³-hybridized carbons (Fsp3) is 0.417. The first-order valence-electron chi connectivity index (χ1n) is 5.75. The molecular formula is C12H15ClN2O4. The van der Waals surface area contributed by atoms with Gasteiger partial charge < -0.3 is 9.72 Å². The predicted octanol–water partition coefficient (Wildman–Crippen LogP) is 0.752. The average Bonchev–Trinajstić information content (AvgIpc) is 2.41. The Hall–Kier alpha value is -1.66. The second-order valence-electron chi connectivity index (χ2n) is 3.84.